The van der Waals surface area contributed by atoms with E-state index in [9.17, 15) is 13.2 Å². The van der Waals surface area contributed by atoms with Gasteiger partial charge in [-0.2, -0.15) is 0 Å². The molecule has 0 bridgehead atoms. The van der Waals surface area contributed by atoms with Crippen molar-refractivity contribution >= 4 is 27.4 Å². The summed E-state index contributed by atoms with van der Waals surface area (Å²) in [6, 6.07) is 11.1. The fourth-order valence-electron chi connectivity index (χ4n) is 2.26. The summed E-state index contributed by atoms with van der Waals surface area (Å²) in [5.74, 6) is 0.0934. The summed E-state index contributed by atoms with van der Waals surface area (Å²) < 4.78 is 24.5. The van der Waals surface area contributed by atoms with Crippen LogP contribution in [0.25, 0.3) is 5.65 Å². The van der Waals surface area contributed by atoms with Crippen molar-refractivity contribution in [2.75, 3.05) is 5.32 Å². The molecule has 118 valence electrons. The van der Waals surface area contributed by atoms with E-state index in [-0.39, 0.29) is 10.5 Å². The molecule has 0 unspecified atom stereocenters. The van der Waals surface area contributed by atoms with E-state index < -0.39 is 15.9 Å². The van der Waals surface area contributed by atoms with Gasteiger partial charge in [-0.05, 0) is 37.3 Å². The third-order valence-corrected chi connectivity index (χ3v) is 4.27. The van der Waals surface area contributed by atoms with Gasteiger partial charge in [0.2, 0.25) is 10.0 Å². The van der Waals surface area contributed by atoms with Gasteiger partial charge in [0, 0.05) is 11.8 Å². The van der Waals surface area contributed by atoms with E-state index in [0.717, 1.165) is 0 Å². The van der Waals surface area contributed by atoms with Crippen molar-refractivity contribution < 1.29 is 13.2 Å². The quantitative estimate of drug-likeness (QED) is 0.759. The first-order chi connectivity index (χ1) is 10.9. The average molecular weight is 330 g/mol. The highest BCUT2D eigenvalue weighted by atomic mass is 32.2. The first-order valence-corrected chi connectivity index (χ1v) is 8.29. The van der Waals surface area contributed by atoms with Gasteiger partial charge in [0.25, 0.3) is 5.91 Å². The fourth-order valence-corrected chi connectivity index (χ4v) is 2.82. The van der Waals surface area contributed by atoms with Crippen LogP contribution in [-0.4, -0.2) is 23.7 Å². The minimum absolute atomic E-state index is 0.111. The summed E-state index contributed by atoms with van der Waals surface area (Å²) in [7, 11) is -3.86. The molecular weight excluding hydrogens is 316 g/mol. The summed E-state index contributed by atoms with van der Waals surface area (Å²) >= 11 is 0. The highest BCUT2D eigenvalue weighted by Gasteiger charge is 2.15. The second kappa shape index (κ2) is 5.49. The van der Waals surface area contributed by atoms with Crippen LogP contribution in [0, 0.1) is 6.92 Å². The lowest BCUT2D eigenvalue weighted by molar-refractivity contribution is 0.102. The second-order valence-corrected chi connectivity index (χ2v) is 6.56. The number of hydrogen-bond acceptors (Lipinski definition) is 4. The number of aryl methyl sites for hydroxylation is 1. The van der Waals surface area contributed by atoms with Gasteiger partial charge in [0.1, 0.15) is 11.5 Å². The lowest BCUT2D eigenvalue weighted by Crippen LogP contribution is -2.16. The van der Waals surface area contributed by atoms with E-state index in [1.54, 1.807) is 17.5 Å². The molecule has 8 heteroatoms. The maximum atomic E-state index is 12.4. The van der Waals surface area contributed by atoms with Crippen LogP contribution < -0.4 is 10.5 Å². The summed E-state index contributed by atoms with van der Waals surface area (Å²) in [5.41, 5.74) is 1.56. The normalized spacial score (nSPS) is 11.6. The monoisotopic (exact) mass is 330 g/mol. The zero-order chi connectivity index (χ0) is 16.6. The number of aromatic nitrogens is 2. The standard InChI is InChI=1S/C15H14N4O3S/c1-10-14(19-8-3-2-7-13(19)17-10)18-15(20)11-5-4-6-12(9-11)23(16,21)22/h2-9H,1H3,(H,18,20)(H2,16,21,22). The predicted octanol–water partition coefficient (Wildman–Crippen LogP) is 1.54. The number of nitrogens with zero attached hydrogens (tertiary/aromatic N) is 2. The Kier molecular flexibility index (Phi) is 3.63. The summed E-state index contributed by atoms with van der Waals surface area (Å²) in [5, 5.41) is 7.84. The number of benzene rings is 1. The zero-order valence-corrected chi connectivity index (χ0v) is 13.0. The molecule has 0 aliphatic carbocycles. The number of carbonyl (C=O) groups is 1. The summed E-state index contributed by atoms with van der Waals surface area (Å²) in [6.07, 6.45) is 1.78. The van der Waals surface area contributed by atoms with Gasteiger partial charge in [0.15, 0.2) is 0 Å². The SMILES string of the molecule is Cc1nc2ccccn2c1NC(=O)c1cccc(S(N)(=O)=O)c1. The molecule has 0 atom stereocenters. The molecule has 1 amide bonds. The Labute approximate surface area is 132 Å². The number of rotatable bonds is 3. The Hall–Kier alpha value is -2.71. The van der Waals surface area contributed by atoms with Crippen LogP contribution in [-0.2, 0) is 10.0 Å². The van der Waals surface area contributed by atoms with Gasteiger partial charge in [0.05, 0.1) is 10.6 Å². The van der Waals surface area contributed by atoms with Crippen molar-refractivity contribution in [3.63, 3.8) is 0 Å². The second-order valence-electron chi connectivity index (χ2n) is 5.00. The molecule has 3 aromatic rings. The molecular formula is C15H14N4O3S. The number of hydrogen-bond donors (Lipinski definition) is 2. The van der Waals surface area contributed by atoms with Crippen LogP contribution in [0.3, 0.4) is 0 Å². The molecule has 7 nitrogen and oxygen atoms in total. The maximum Gasteiger partial charge on any atom is 0.256 e. The number of carbonyl (C=O) groups excluding carboxylic acids is 1. The van der Waals surface area contributed by atoms with E-state index in [0.29, 0.717) is 17.2 Å². The predicted molar refractivity (Wildman–Crippen MR) is 85.7 cm³/mol. The van der Waals surface area contributed by atoms with Crippen LogP contribution in [0.1, 0.15) is 16.1 Å². The fraction of sp³-hybridized carbons (Fsp3) is 0.0667. The van der Waals surface area contributed by atoms with Gasteiger partial charge in [-0.15, -0.1) is 0 Å². The molecule has 3 rings (SSSR count). The number of nitrogens with two attached hydrogens (primary N) is 1. The minimum atomic E-state index is -3.86. The molecule has 0 radical (unpaired) electrons. The Morgan fingerprint density at radius 1 is 1.22 bits per heavy atom. The van der Waals surface area contributed by atoms with E-state index in [1.165, 1.54) is 24.3 Å². The molecule has 2 heterocycles. The smallest absolute Gasteiger partial charge is 0.256 e. The molecule has 1 aromatic carbocycles. The van der Waals surface area contributed by atoms with Crippen LogP contribution in [0.5, 0.6) is 0 Å². The first-order valence-electron chi connectivity index (χ1n) is 6.74. The van der Waals surface area contributed by atoms with E-state index >= 15 is 0 Å². The van der Waals surface area contributed by atoms with Crippen molar-refractivity contribution in [2.24, 2.45) is 5.14 Å². The highest BCUT2D eigenvalue weighted by Crippen LogP contribution is 2.18. The van der Waals surface area contributed by atoms with E-state index in [1.807, 2.05) is 18.2 Å². The molecule has 0 spiro atoms. The molecule has 2 aromatic heterocycles. The number of fused-ring (bicyclic) bond motifs is 1. The lowest BCUT2D eigenvalue weighted by atomic mass is 10.2. The average Bonchev–Trinajstić information content (AvgIpc) is 2.83. The van der Waals surface area contributed by atoms with Crippen LogP contribution in [0.15, 0.2) is 53.6 Å². The molecule has 0 aliphatic rings. The van der Waals surface area contributed by atoms with Gasteiger partial charge >= 0.3 is 0 Å². The Bertz CT molecular complexity index is 1010. The van der Waals surface area contributed by atoms with Crippen molar-refractivity contribution in [1.29, 1.82) is 0 Å². The maximum absolute atomic E-state index is 12.4. The Morgan fingerprint density at radius 3 is 2.74 bits per heavy atom. The molecule has 3 N–H and O–H groups in total. The summed E-state index contributed by atoms with van der Waals surface area (Å²) in [4.78, 5) is 16.6. The minimum Gasteiger partial charge on any atom is -0.306 e. The van der Waals surface area contributed by atoms with E-state index in [2.05, 4.69) is 10.3 Å². The highest BCUT2D eigenvalue weighted by molar-refractivity contribution is 7.89. The molecule has 0 saturated heterocycles. The van der Waals surface area contributed by atoms with Crippen molar-refractivity contribution in [1.82, 2.24) is 9.38 Å². The van der Waals surface area contributed by atoms with Crippen LogP contribution in [0.4, 0.5) is 5.82 Å². The Balaban J connectivity index is 1.97. The third kappa shape index (κ3) is 2.94. The lowest BCUT2D eigenvalue weighted by Gasteiger charge is -2.07. The first kappa shape index (κ1) is 15.2. The zero-order valence-electron chi connectivity index (χ0n) is 12.2. The van der Waals surface area contributed by atoms with Crippen molar-refractivity contribution in [3.8, 4) is 0 Å². The van der Waals surface area contributed by atoms with Crippen molar-refractivity contribution in [2.45, 2.75) is 11.8 Å². The van der Waals surface area contributed by atoms with Crippen LogP contribution >= 0.6 is 0 Å². The van der Waals surface area contributed by atoms with Crippen molar-refractivity contribution in [3.05, 3.63) is 59.9 Å². The number of imidazole rings is 1. The van der Waals surface area contributed by atoms with Gasteiger partial charge < -0.3 is 5.32 Å². The van der Waals surface area contributed by atoms with Crippen LogP contribution in [0.2, 0.25) is 0 Å². The molecule has 23 heavy (non-hydrogen) atoms. The van der Waals surface area contributed by atoms with Gasteiger partial charge in [-0.3, -0.25) is 9.20 Å². The van der Waals surface area contributed by atoms with Gasteiger partial charge in [-0.1, -0.05) is 12.1 Å². The largest absolute Gasteiger partial charge is 0.306 e. The number of nitrogens with one attached hydrogen (secondary N) is 1. The molecule has 0 aliphatic heterocycles. The number of anilines is 1. The summed E-state index contributed by atoms with van der Waals surface area (Å²) in [6.45, 7) is 1.78. The molecule has 0 fully saturated rings. The molecule has 0 saturated carbocycles. The third-order valence-electron chi connectivity index (χ3n) is 3.36. The topological polar surface area (TPSA) is 107 Å². The number of primary sulfonamides is 1. The number of sulfonamides is 1. The number of pyridine rings is 1. The van der Waals surface area contributed by atoms with Gasteiger partial charge in [-0.25, -0.2) is 18.5 Å². The van der Waals surface area contributed by atoms with E-state index in [4.69, 9.17) is 5.14 Å². The Morgan fingerprint density at radius 2 is 2.00 bits per heavy atom. The number of amides is 1.